The number of rotatable bonds is 8. The maximum Gasteiger partial charge on any atom is 0.233 e. The van der Waals surface area contributed by atoms with Crippen LogP contribution in [-0.2, 0) is 16.4 Å². The Morgan fingerprint density at radius 2 is 1.62 bits per heavy atom. The molecular weight excluding hydrogens is 330 g/mol. The first-order chi connectivity index (χ1) is 11.5. The maximum atomic E-state index is 12.4. The Kier molecular flexibility index (Phi) is 5.92. The van der Waals surface area contributed by atoms with Gasteiger partial charge in [-0.3, -0.25) is 4.72 Å². The van der Waals surface area contributed by atoms with Crippen LogP contribution in [0.1, 0.15) is 5.56 Å². The van der Waals surface area contributed by atoms with Crippen LogP contribution in [0.25, 0.3) is 0 Å². The topological polar surface area (TPSA) is 73.9 Å². The number of hydrogen-bond acceptors (Lipinski definition) is 5. The van der Waals surface area contributed by atoms with Gasteiger partial charge in [-0.05, 0) is 36.2 Å². The number of anilines is 1. The Hall–Kier alpha value is -2.41. The summed E-state index contributed by atoms with van der Waals surface area (Å²) in [7, 11) is 1.04. The molecule has 0 saturated heterocycles. The highest BCUT2D eigenvalue weighted by Crippen LogP contribution is 2.29. The molecule has 1 N–H and O–H groups in total. The molecule has 0 unspecified atom stereocenters. The first kappa shape index (κ1) is 17.9. The Morgan fingerprint density at radius 1 is 0.917 bits per heavy atom. The van der Waals surface area contributed by atoms with Gasteiger partial charge in [0.2, 0.25) is 10.0 Å². The van der Waals surface area contributed by atoms with E-state index in [1.807, 2.05) is 24.3 Å². The molecule has 0 aliphatic carbocycles. The zero-order valence-corrected chi connectivity index (χ0v) is 14.7. The standard InChI is InChI=1S/C17H21NO5S/c1-21-14-6-4-5-13(11-14)9-10-24(19,20)18-16-12-15(22-2)7-8-17(16)23-3/h4-8,11-12,18H,9-10H2,1-3H3. The van der Waals surface area contributed by atoms with Crippen molar-refractivity contribution < 1.29 is 22.6 Å². The summed E-state index contributed by atoms with van der Waals surface area (Å²) in [6, 6.07) is 12.3. The average Bonchev–Trinajstić information content (AvgIpc) is 2.60. The maximum absolute atomic E-state index is 12.4. The van der Waals surface area contributed by atoms with Crippen LogP contribution >= 0.6 is 0 Å². The van der Waals surface area contributed by atoms with Crippen molar-refractivity contribution in [3.05, 3.63) is 48.0 Å². The second-order valence-corrected chi connectivity index (χ2v) is 6.93. The predicted octanol–water partition coefficient (Wildman–Crippen LogP) is 2.70. The second kappa shape index (κ2) is 7.92. The van der Waals surface area contributed by atoms with Crippen LogP contribution in [0.4, 0.5) is 5.69 Å². The van der Waals surface area contributed by atoms with Crippen molar-refractivity contribution in [2.24, 2.45) is 0 Å². The lowest BCUT2D eigenvalue weighted by Gasteiger charge is -2.13. The highest BCUT2D eigenvalue weighted by Gasteiger charge is 2.15. The lowest BCUT2D eigenvalue weighted by atomic mass is 10.2. The van der Waals surface area contributed by atoms with Crippen LogP contribution in [0.3, 0.4) is 0 Å². The van der Waals surface area contributed by atoms with Gasteiger partial charge in [-0.25, -0.2) is 8.42 Å². The number of benzene rings is 2. The summed E-state index contributed by atoms with van der Waals surface area (Å²) in [5.41, 5.74) is 1.24. The van der Waals surface area contributed by atoms with Crippen LogP contribution < -0.4 is 18.9 Å². The number of sulfonamides is 1. The fourth-order valence-corrected chi connectivity index (χ4v) is 3.29. The molecule has 2 aromatic rings. The first-order valence-corrected chi connectivity index (χ1v) is 8.98. The summed E-state index contributed by atoms with van der Waals surface area (Å²) in [5.74, 6) is 1.62. The van der Waals surface area contributed by atoms with Gasteiger partial charge < -0.3 is 14.2 Å². The third kappa shape index (κ3) is 4.79. The van der Waals surface area contributed by atoms with E-state index in [-0.39, 0.29) is 5.75 Å². The molecule has 130 valence electrons. The Labute approximate surface area is 142 Å². The molecule has 0 spiro atoms. The monoisotopic (exact) mass is 351 g/mol. The number of aryl methyl sites for hydroxylation is 1. The molecule has 0 bridgehead atoms. The van der Waals surface area contributed by atoms with E-state index in [9.17, 15) is 8.42 Å². The summed E-state index contributed by atoms with van der Waals surface area (Å²) >= 11 is 0. The normalized spacial score (nSPS) is 11.0. The molecule has 0 fully saturated rings. The highest BCUT2D eigenvalue weighted by atomic mass is 32.2. The lowest BCUT2D eigenvalue weighted by molar-refractivity contribution is 0.405. The molecule has 0 heterocycles. The van der Waals surface area contributed by atoms with Crippen molar-refractivity contribution in [1.29, 1.82) is 0 Å². The van der Waals surface area contributed by atoms with Gasteiger partial charge in [-0.15, -0.1) is 0 Å². The van der Waals surface area contributed by atoms with Crippen molar-refractivity contribution >= 4 is 15.7 Å². The Morgan fingerprint density at radius 3 is 2.29 bits per heavy atom. The van der Waals surface area contributed by atoms with E-state index in [0.717, 1.165) is 5.56 Å². The van der Waals surface area contributed by atoms with Gasteiger partial charge in [-0.1, -0.05) is 12.1 Å². The van der Waals surface area contributed by atoms with Crippen LogP contribution in [0.5, 0.6) is 17.2 Å². The predicted molar refractivity (Wildman–Crippen MR) is 93.7 cm³/mol. The molecule has 24 heavy (non-hydrogen) atoms. The van der Waals surface area contributed by atoms with Gasteiger partial charge in [0.1, 0.15) is 17.2 Å². The van der Waals surface area contributed by atoms with E-state index in [1.54, 1.807) is 25.3 Å². The molecule has 0 aliphatic heterocycles. The Bertz CT molecular complexity index is 789. The first-order valence-electron chi connectivity index (χ1n) is 7.33. The molecule has 7 heteroatoms. The van der Waals surface area contributed by atoms with Crippen LogP contribution in [0, 0.1) is 0 Å². The highest BCUT2D eigenvalue weighted by molar-refractivity contribution is 7.92. The number of nitrogens with one attached hydrogen (secondary N) is 1. The molecule has 0 radical (unpaired) electrons. The largest absolute Gasteiger partial charge is 0.497 e. The summed E-state index contributed by atoms with van der Waals surface area (Å²) in [4.78, 5) is 0. The van der Waals surface area contributed by atoms with Crippen molar-refractivity contribution in [3.63, 3.8) is 0 Å². The van der Waals surface area contributed by atoms with E-state index in [1.165, 1.54) is 14.2 Å². The van der Waals surface area contributed by atoms with E-state index in [4.69, 9.17) is 14.2 Å². The Balaban J connectivity index is 2.10. The summed E-state index contributed by atoms with van der Waals surface area (Å²) in [6.45, 7) is 0. The molecule has 0 atom stereocenters. The number of methoxy groups -OCH3 is 3. The summed E-state index contributed by atoms with van der Waals surface area (Å²) < 4.78 is 42.7. The molecule has 6 nitrogen and oxygen atoms in total. The fourth-order valence-electron chi connectivity index (χ4n) is 2.19. The van der Waals surface area contributed by atoms with E-state index in [0.29, 0.717) is 29.4 Å². The minimum atomic E-state index is -3.54. The average molecular weight is 351 g/mol. The van der Waals surface area contributed by atoms with Gasteiger partial charge in [-0.2, -0.15) is 0 Å². The fraction of sp³-hybridized carbons (Fsp3) is 0.294. The van der Waals surface area contributed by atoms with E-state index >= 15 is 0 Å². The van der Waals surface area contributed by atoms with Crippen LogP contribution in [0.15, 0.2) is 42.5 Å². The van der Waals surface area contributed by atoms with E-state index < -0.39 is 10.0 Å². The van der Waals surface area contributed by atoms with Gasteiger partial charge >= 0.3 is 0 Å². The molecular formula is C17H21NO5S. The molecule has 0 amide bonds. The van der Waals surface area contributed by atoms with Gasteiger partial charge in [0, 0.05) is 6.07 Å². The van der Waals surface area contributed by atoms with Gasteiger partial charge in [0.15, 0.2) is 0 Å². The van der Waals surface area contributed by atoms with Crippen LogP contribution in [-0.4, -0.2) is 35.5 Å². The molecule has 0 saturated carbocycles. The zero-order chi connectivity index (χ0) is 17.6. The molecule has 0 aromatic heterocycles. The van der Waals surface area contributed by atoms with Crippen molar-refractivity contribution in [2.45, 2.75) is 6.42 Å². The third-order valence-electron chi connectivity index (χ3n) is 3.47. The van der Waals surface area contributed by atoms with Gasteiger partial charge in [0.05, 0.1) is 32.8 Å². The number of hydrogen-bond donors (Lipinski definition) is 1. The SMILES string of the molecule is COc1cccc(CCS(=O)(=O)Nc2cc(OC)ccc2OC)c1. The minimum absolute atomic E-state index is 0.0550. The second-order valence-electron chi connectivity index (χ2n) is 5.09. The minimum Gasteiger partial charge on any atom is -0.497 e. The molecule has 0 aliphatic rings. The van der Waals surface area contributed by atoms with Crippen molar-refractivity contribution in [1.82, 2.24) is 0 Å². The number of ether oxygens (including phenoxy) is 3. The van der Waals surface area contributed by atoms with Crippen molar-refractivity contribution in [3.8, 4) is 17.2 Å². The van der Waals surface area contributed by atoms with E-state index in [2.05, 4.69) is 4.72 Å². The summed E-state index contributed by atoms with van der Waals surface area (Å²) in [5, 5.41) is 0. The third-order valence-corrected chi connectivity index (χ3v) is 4.74. The lowest BCUT2D eigenvalue weighted by Crippen LogP contribution is -2.18. The van der Waals surface area contributed by atoms with Crippen molar-refractivity contribution in [2.75, 3.05) is 31.8 Å². The molecule has 2 aromatic carbocycles. The zero-order valence-electron chi connectivity index (χ0n) is 13.9. The molecule has 2 rings (SSSR count). The summed E-state index contributed by atoms with van der Waals surface area (Å²) in [6.07, 6.45) is 0.374. The smallest absolute Gasteiger partial charge is 0.233 e. The quantitative estimate of drug-likeness (QED) is 0.791. The van der Waals surface area contributed by atoms with Crippen LogP contribution in [0.2, 0.25) is 0 Å². The van der Waals surface area contributed by atoms with Gasteiger partial charge in [0.25, 0.3) is 0 Å².